The van der Waals surface area contributed by atoms with Crippen LogP contribution in [0.15, 0.2) is 24.3 Å². The molecule has 0 radical (unpaired) electrons. The maximum atomic E-state index is 14.5. The Morgan fingerprint density at radius 3 is 2.33 bits per heavy atom. The van der Waals surface area contributed by atoms with Crippen molar-refractivity contribution < 1.29 is 8.78 Å². The lowest BCUT2D eigenvalue weighted by Crippen LogP contribution is -2.34. The molecule has 1 saturated carbocycles. The van der Waals surface area contributed by atoms with Crippen LogP contribution in [-0.4, -0.2) is 5.92 Å². The smallest absolute Gasteiger partial charge is 0.206 e. The molecule has 0 heterocycles. The zero-order valence-electron chi connectivity index (χ0n) is 13.4. The number of hydrogen-bond donors (Lipinski definition) is 0. The van der Waals surface area contributed by atoms with Gasteiger partial charge in [0.25, 0.3) is 5.92 Å². The van der Waals surface area contributed by atoms with E-state index >= 15 is 0 Å². The second-order valence-corrected chi connectivity index (χ2v) is 6.59. The van der Waals surface area contributed by atoms with Crippen LogP contribution in [0.3, 0.4) is 0 Å². The van der Waals surface area contributed by atoms with Gasteiger partial charge in [0.1, 0.15) is 0 Å². The summed E-state index contributed by atoms with van der Waals surface area (Å²) in [6.07, 6.45) is 6.94. The average Bonchev–Trinajstić information content (AvgIpc) is 2.46. The highest BCUT2D eigenvalue weighted by Gasteiger charge is 2.45. The third-order valence-electron chi connectivity index (χ3n) is 4.82. The number of hydrogen-bond acceptors (Lipinski definition) is 0. The molecule has 2 unspecified atom stereocenters. The van der Waals surface area contributed by atoms with Crippen molar-refractivity contribution in [3.63, 3.8) is 0 Å². The van der Waals surface area contributed by atoms with E-state index in [1.807, 2.05) is 24.3 Å². The van der Waals surface area contributed by atoms with Gasteiger partial charge in [-0.05, 0) is 36.3 Å². The summed E-state index contributed by atoms with van der Waals surface area (Å²) in [6.45, 7) is 4.27. The summed E-state index contributed by atoms with van der Waals surface area (Å²) in [5.41, 5.74) is 2.08. The van der Waals surface area contributed by atoms with Crippen molar-refractivity contribution in [2.24, 2.45) is 5.92 Å². The van der Waals surface area contributed by atoms with Crippen molar-refractivity contribution in [2.45, 2.75) is 77.1 Å². The van der Waals surface area contributed by atoms with E-state index in [0.29, 0.717) is 6.42 Å². The minimum Gasteiger partial charge on any atom is -0.206 e. The van der Waals surface area contributed by atoms with Gasteiger partial charge in [0.05, 0.1) is 0 Å². The molecule has 118 valence electrons. The Hall–Kier alpha value is -0.920. The van der Waals surface area contributed by atoms with E-state index in [2.05, 4.69) is 13.8 Å². The summed E-state index contributed by atoms with van der Waals surface area (Å²) in [6, 6.07) is 7.90. The normalized spacial score (nSPS) is 25.0. The van der Waals surface area contributed by atoms with E-state index in [0.717, 1.165) is 44.1 Å². The monoisotopic (exact) mass is 294 g/mol. The topological polar surface area (TPSA) is 0 Å². The molecule has 2 atom stereocenters. The van der Waals surface area contributed by atoms with E-state index in [1.54, 1.807) is 0 Å². The molecule has 0 N–H and O–H groups in total. The van der Waals surface area contributed by atoms with Crippen LogP contribution in [0.5, 0.6) is 0 Å². The quantitative estimate of drug-likeness (QED) is 0.573. The molecule has 0 spiro atoms. The average molecular weight is 294 g/mol. The number of halogens is 2. The Morgan fingerprint density at radius 2 is 1.76 bits per heavy atom. The second-order valence-electron chi connectivity index (χ2n) is 6.59. The third-order valence-corrected chi connectivity index (χ3v) is 4.82. The highest BCUT2D eigenvalue weighted by atomic mass is 19.3. The summed E-state index contributed by atoms with van der Waals surface area (Å²) in [5, 5.41) is 0. The molecule has 2 heteroatoms. The highest BCUT2D eigenvalue weighted by molar-refractivity contribution is 5.27. The van der Waals surface area contributed by atoms with E-state index in [4.69, 9.17) is 0 Å². The van der Waals surface area contributed by atoms with Crippen LogP contribution in [0.1, 0.15) is 75.8 Å². The van der Waals surface area contributed by atoms with Crippen LogP contribution >= 0.6 is 0 Å². The fourth-order valence-corrected chi connectivity index (χ4v) is 3.60. The highest BCUT2D eigenvalue weighted by Crippen LogP contribution is 2.48. The van der Waals surface area contributed by atoms with Gasteiger partial charge in [-0.15, -0.1) is 0 Å². The maximum absolute atomic E-state index is 14.5. The first-order valence-electron chi connectivity index (χ1n) is 8.53. The molecular weight excluding hydrogens is 266 g/mol. The zero-order valence-corrected chi connectivity index (χ0v) is 13.4. The van der Waals surface area contributed by atoms with Gasteiger partial charge in [0.2, 0.25) is 0 Å². The Labute approximate surface area is 128 Å². The van der Waals surface area contributed by atoms with Crippen LogP contribution in [-0.2, 0) is 6.42 Å². The molecule has 0 amide bonds. The van der Waals surface area contributed by atoms with Crippen LogP contribution < -0.4 is 0 Å². The van der Waals surface area contributed by atoms with E-state index in [-0.39, 0.29) is 12.3 Å². The number of rotatable bonds is 6. The van der Waals surface area contributed by atoms with Crippen LogP contribution in [0.4, 0.5) is 8.78 Å². The largest absolute Gasteiger partial charge is 0.255 e. The molecule has 0 saturated heterocycles. The standard InChI is InChI=1S/C19H28F2/c1-3-5-7-16-10-13-18(19(20,21)14-16)17-11-8-15(6-4-2)9-12-17/h8-9,11-12,16,18H,3-7,10,13-14H2,1-2H3. The minimum atomic E-state index is -2.54. The van der Waals surface area contributed by atoms with Gasteiger partial charge in [0.15, 0.2) is 0 Å². The van der Waals surface area contributed by atoms with Crippen molar-refractivity contribution in [3.8, 4) is 0 Å². The Kier molecular flexibility index (Phi) is 5.78. The van der Waals surface area contributed by atoms with Gasteiger partial charge >= 0.3 is 0 Å². The Bertz CT molecular complexity index is 422. The van der Waals surface area contributed by atoms with Crippen molar-refractivity contribution in [1.29, 1.82) is 0 Å². The van der Waals surface area contributed by atoms with Crippen molar-refractivity contribution in [1.82, 2.24) is 0 Å². The molecule has 0 aliphatic heterocycles. The summed E-state index contributed by atoms with van der Waals surface area (Å²) in [4.78, 5) is 0. The molecule has 0 nitrogen and oxygen atoms in total. The molecule has 1 aliphatic carbocycles. The summed E-state index contributed by atoms with van der Waals surface area (Å²) in [5.74, 6) is -2.90. The van der Waals surface area contributed by atoms with Crippen LogP contribution in [0.25, 0.3) is 0 Å². The van der Waals surface area contributed by atoms with Crippen molar-refractivity contribution in [3.05, 3.63) is 35.4 Å². The van der Waals surface area contributed by atoms with Crippen molar-refractivity contribution >= 4 is 0 Å². The fraction of sp³-hybridized carbons (Fsp3) is 0.684. The SMILES string of the molecule is CCCCC1CCC(c2ccc(CCC)cc2)C(F)(F)C1. The van der Waals surface area contributed by atoms with Crippen molar-refractivity contribution in [2.75, 3.05) is 0 Å². The molecule has 2 rings (SSSR count). The zero-order chi connectivity index (χ0) is 15.3. The predicted molar refractivity (Wildman–Crippen MR) is 85.0 cm³/mol. The first-order chi connectivity index (χ1) is 10.1. The van der Waals surface area contributed by atoms with Gasteiger partial charge in [-0.25, -0.2) is 8.78 Å². The molecule has 0 aromatic heterocycles. The van der Waals surface area contributed by atoms with Gasteiger partial charge in [-0.3, -0.25) is 0 Å². The predicted octanol–water partition coefficient (Wildman–Crippen LogP) is 6.35. The summed E-state index contributed by atoms with van der Waals surface area (Å²) >= 11 is 0. The summed E-state index contributed by atoms with van der Waals surface area (Å²) < 4.78 is 29.0. The lowest BCUT2D eigenvalue weighted by molar-refractivity contribution is -0.0737. The minimum absolute atomic E-state index is 0.0778. The number of benzene rings is 1. The Morgan fingerprint density at radius 1 is 1.05 bits per heavy atom. The van der Waals surface area contributed by atoms with Gasteiger partial charge in [-0.1, -0.05) is 63.8 Å². The molecule has 1 aromatic rings. The first kappa shape index (κ1) is 16.5. The summed E-state index contributed by atoms with van der Waals surface area (Å²) in [7, 11) is 0. The van der Waals surface area contributed by atoms with Crippen LogP contribution in [0.2, 0.25) is 0 Å². The van der Waals surface area contributed by atoms with E-state index < -0.39 is 11.8 Å². The number of unbranched alkanes of at least 4 members (excludes halogenated alkanes) is 1. The van der Waals surface area contributed by atoms with E-state index in [9.17, 15) is 8.78 Å². The molecule has 0 bridgehead atoms. The first-order valence-corrected chi connectivity index (χ1v) is 8.53. The third kappa shape index (κ3) is 4.28. The second kappa shape index (κ2) is 7.38. The molecule has 1 aliphatic rings. The lowest BCUT2D eigenvalue weighted by Gasteiger charge is -2.36. The molecular formula is C19H28F2. The van der Waals surface area contributed by atoms with Gasteiger partial charge in [-0.2, -0.15) is 0 Å². The molecule has 21 heavy (non-hydrogen) atoms. The van der Waals surface area contributed by atoms with Crippen LogP contribution in [0, 0.1) is 5.92 Å². The lowest BCUT2D eigenvalue weighted by atomic mass is 9.74. The van der Waals surface area contributed by atoms with Gasteiger partial charge in [0, 0.05) is 12.3 Å². The molecule has 1 aromatic carbocycles. The fourth-order valence-electron chi connectivity index (χ4n) is 3.60. The number of aryl methyl sites for hydroxylation is 1. The Balaban J connectivity index is 2.03. The number of alkyl halides is 2. The maximum Gasteiger partial charge on any atom is 0.255 e. The molecule has 1 fully saturated rings. The van der Waals surface area contributed by atoms with Gasteiger partial charge < -0.3 is 0 Å². The van der Waals surface area contributed by atoms with E-state index in [1.165, 1.54) is 5.56 Å².